The summed E-state index contributed by atoms with van der Waals surface area (Å²) >= 11 is 4.11. The Hall–Kier alpha value is -0.440. The van der Waals surface area contributed by atoms with E-state index in [0.29, 0.717) is 0 Å². The van der Waals surface area contributed by atoms with Gasteiger partial charge in [0.05, 0.1) is 0 Å². The van der Waals surface area contributed by atoms with Gasteiger partial charge in [0.2, 0.25) is 0 Å². The molecule has 70 valence electrons. The molecule has 1 atom stereocenters. The van der Waals surface area contributed by atoms with E-state index in [2.05, 4.69) is 26.1 Å². The van der Waals surface area contributed by atoms with Crippen molar-refractivity contribution in [3.05, 3.63) is 12.7 Å². The third kappa shape index (κ3) is 6.28. The van der Waals surface area contributed by atoms with Crippen molar-refractivity contribution in [3.8, 4) is 0 Å². The van der Waals surface area contributed by atoms with Crippen LogP contribution in [0.2, 0.25) is 0 Å². The number of thiol groups is 1. The average Bonchev–Trinajstić information content (AvgIpc) is 2.05. The lowest BCUT2D eigenvalue weighted by Gasteiger charge is -2.09. The van der Waals surface area contributed by atoms with Gasteiger partial charge in [-0.05, 0) is 12.8 Å². The van der Waals surface area contributed by atoms with Crippen molar-refractivity contribution in [2.24, 2.45) is 0 Å². The highest BCUT2D eigenvalue weighted by molar-refractivity contribution is 7.80. The van der Waals surface area contributed by atoms with Crippen LogP contribution in [0.1, 0.15) is 32.6 Å². The Balaban J connectivity index is 3.38. The smallest absolute Gasteiger partial charge is 0.331 e. The Bertz CT molecular complexity index is 145. The molecule has 0 aliphatic rings. The number of ether oxygens (including phenoxy) is 1. The molecule has 0 heterocycles. The third-order valence-corrected chi connectivity index (χ3v) is 1.84. The van der Waals surface area contributed by atoms with E-state index >= 15 is 0 Å². The molecule has 0 aliphatic carbocycles. The fourth-order valence-corrected chi connectivity index (χ4v) is 1.10. The number of hydrogen-bond donors (Lipinski definition) is 1. The quantitative estimate of drug-likeness (QED) is 0.228. The lowest BCUT2D eigenvalue weighted by atomic mass is 10.2. The van der Waals surface area contributed by atoms with E-state index in [-0.39, 0.29) is 5.44 Å². The van der Waals surface area contributed by atoms with Crippen LogP contribution in [0.4, 0.5) is 0 Å². The van der Waals surface area contributed by atoms with Crippen molar-refractivity contribution >= 4 is 18.6 Å². The van der Waals surface area contributed by atoms with Crippen LogP contribution < -0.4 is 0 Å². The van der Waals surface area contributed by atoms with E-state index in [9.17, 15) is 4.79 Å². The van der Waals surface area contributed by atoms with Crippen LogP contribution in [0.3, 0.4) is 0 Å². The van der Waals surface area contributed by atoms with Crippen LogP contribution in [0.15, 0.2) is 12.7 Å². The molecule has 0 amide bonds. The topological polar surface area (TPSA) is 26.3 Å². The Kier molecular flexibility index (Phi) is 6.96. The SMILES string of the molecule is C=CC(=O)OC(S)CCCCC. The molecule has 0 aliphatic heterocycles. The molecule has 2 nitrogen and oxygen atoms in total. The largest absolute Gasteiger partial charge is 0.448 e. The normalized spacial score (nSPS) is 12.2. The number of unbranched alkanes of at least 4 members (excludes halogenated alkanes) is 2. The van der Waals surface area contributed by atoms with Gasteiger partial charge in [0, 0.05) is 6.08 Å². The van der Waals surface area contributed by atoms with Crippen molar-refractivity contribution in [1.29, 1.82) is 0 Å². The second-order valence-electron chi connectivity index (χ2n) is 2.59. The lowest BCUT2D eigenvalue weighted by Crippen LogP contribution is -2.10. The summed E-state index contributed by atoms with van der Waals surface area (Å²) in [5.74, 6) is -0.397. The maximum Gasteiger partial charge on any atom is 0.331 e. The average molecular weight is 188 g/mol. The molecule has 3 heteroatoms. The Morgan fingerprint density at radius 2 is 2.33 bits per heavy atom. The van der Waals surface area contributed by atoms with E-state index in [1.54, 1.807) is 0 Å². The van der Waals surface area contributed by atoms with E-state index in [1.807, 2.05) is 0 Å². The number of hydrogen-bond acceptors (Lipinski definition) is 3. The van der Waals surface area contributed by atoms with E-state index < -0.39 is 5.97 Å². The third-order valence-electron chi connectivity index (χ3n) is 1.47. The van der Waals surface area contributed by atoms with E-state index in [0.717, 1.165) is 31.8 Å². The summed E-state index contributed by atoms with van der Waals surface area (Å²) in [5.41, 5.74) is -0.276. The Morgan fingerprint density at radius 1 is 1.67 bits per heavy atom. The summed E-state index contributed by atoms with van der Waals surface area (Å²) in [6.45, 7) is 5.43. The predicted octanol–water partition coefficient (Wildman–Crippen LogP) is 2.55. The van der Waals surface area contributed by atoms with E-state index in [4.69, 9.17) is 4.74 Å². The maximum absolute atomic E-state index is 10.7. The van der Waals surface area contributed by atoms with Crippen LogP contribution in [-0.4, -0.2) is 11.4 Å². The predicted molar refractivity (Wildman–Crippen MR) is 53.2 cm³/mol. The highest BCUT2D eigenvalue weighted by atomic mass is 32.1. The number of esters is 1. The molecule has 0 radical (unpaired) electrons. The van der Waals surface area contributed by atoms with Crippen molar-refractivity contribution < 1.29 is 9.53 Å². The molecular formula is C9H16O2S. The second-order valence-corrected chi connectivity index (χ2v) is 3.17. The van der Waals surface area contributed by atoms with Gasteiger partial charge in [-0.3, -0.25) is 0 Å². The van der Waals surface area contributed by atoms with Crippen LogP contribution in [0.5, 0.6) is 0 Å². The summed E-state index contributed by atoms with van der Waals surface area (Å²) < 4.78 is 4.85. The summed E-state index contributed by atoms with van der Waals surface area (Å²) in [4.78, 5) is 10.7. The number of carbonyl (C=O) groups excluding carboxylic acids is 1. The zero-order valence-corrected chi connectivity index (χ0v) is 8.35. The van der Waals surface area contributed by atoms with Crippen molar-refractivity contribution in [2.45, 2.75) is 38.0 Å². The summed E-state index contributed by atoms with van der Waals surface area (Å²) in [5, 5.41) is 0. The number of rotatable bonds is 6. The van der Waals surface area contributed by atoms with Gasteiger partial charge in [0.1, 0.15) is 5.44 Å². The molecule has 0 saturated heterocycles. The first-order valence-electron chi connectivity index (χ1n) is 4.21. The molecule has 0 bridgehead atoms. The molecule has 12 heavy (non-hydrogen) atoms. The highest BCUT2D eigenvalue weighted by Gasteiger charge is 2.05. The molecule has 0 aromatic carbocycles. The van der Waals surface area contributed by atoms with Crippen molar-refractivity contribution in [2.75, 3.05) is 0 Å². The zero-order chi connectivity index (χ0) is 9.40. The molecule has 0 aromatic heterocycles. The highest BCUT2D eigenvalue weighted by Crippen LogP contribution is 2.09. The molecule has 0 N–H and O–H groups in total. The summed E-state index contributed by atoms with van der Waals surface area (Å²) in [6.07, 6.45) is 5.34. The van der Waals surface area contributed by atoms with Gasteiger partial charge in [-0.25, -0.2) is 4.79 Å². The number of carbonyl (C=O) groups is 1. The van der Waals surface area contributed by atoms with Gasteiger partial charge in [-0.15, -0.1) is 12.6 Å². The minimum atomic E-state index is -0.397. The molecule has 0 saturated carbocycles. The van der Waals surface area contributed by atoms with Gasteiger partial charge in [-0.2, -0.15) is 0 Å². The maximum atomic E-state index is 10.7. The zero-order valence-electron chi connectivity index (χ0n) is 7.45. The lowest BCUT2D eigenvalue weighted by molar-refractivity contribution is -0.139. The first kappa shape index (κ1) is 11.6. The minimum absolute atomic E-state index is 0.276. The summed E-state index contributed by atoms with van der Waals surface area (Å²) in [6, 6.07) is 0. The van der Waals surface area contributed by atoms with Crippen LogP contribution >= 0.6 is 12.6 Å². The first-order chi connectivity index (χ1) is 5.70. The van der Waals surface area contributed by atoms with Crippen LogP contribution in [0.25, 0.3) is 0 Å². The monoisotopic (exact) mass is 188 g/mol. The minimum Gasteiger partial charge on any atom is -0.448 e. The molecule has 0 aromatic rings. The fraction of sp³-hybridized carbons (Fsp3) is 0.667. The second kappa shape index (κ2) is 7.22. The molecule has 0 rings (SSSR count). The fourth-order valence-electron chi connectivity index (χ4n) is 0.810. The van der Waals surface area contributed by atoms with Crippen molar-refractivity contribution in [3.63, 3.8) is 0 Å². The molecule has 0 fully saturated rings. The summed E-state index contributed by atoms with van der Waals surface area (Å²) in [7, 11) is 0. The molecule has 1 unspecified atom stereocenters. The van der Waals surface area contributed by atoms with E-state index in [1.165, 1.54) is 0 Å². The van der Waals surface area contributed by atoms with Gasteiger partial charge in [-0.1, -0.05) is 26.3 Å². The first-order valence-corrected chi connectivity index (χ1v) is 4.73. The van der Waals surface area contributed by atoms with Gasteiger partial charge >= 0.3 is 5.97 Å². The van der Waals surface area contributed by atoms with Crippen LogP contribution in [-0.2, 0) is 9.53 Å². The molecule has 0 spiro atoms. The van der Waals surface area contributed by atoms with Crippen LogP contribution in [0, 0.1) is 0 Å². The molecular weight excluding hydrogens is 172 g/mol. The van der Waals surface area contributed by atoms with Gasteiger partial charge in [0.25, 0.3) is 0 Å². The van der Waals surface area contributed by atoms with Gasteiger partial charge in [0.15, 0.2) is 0 Å². The van der Waals surface area contributed by atoms with Gasteiger partial charge < -0.3 is 4.74 Å². The Morgan fingerprint density at radius 3 is 2.83 bits per heavy atom. The standard InChI is InChI=1S/C9H16O2S/c1-3-5-6-7-9(12)11-8(10)4-2/h4,9,12H,2-3,5-7H2,1H3. The van der Waals surface area contributed by atoms with Crippen molar-refractivity contribution in [1.82, 2.24) is 0 Å². The Labute approximate surface area is 79.4 Å².